The minimum Gasteiger partial charge on any atom is -0.353 e. The molecule has 25 heavy (non-hydrogen) atoms. The van der Waals surface area contributed by atoms with Crippen LogP contribution in [0.4, 0.5) is 5.82 Å². The molecule has 0 saturated carbocycles. The molecule has 1 aliphatic heterocycles. The van der Waals surface area contributed by atoms with E-state index < -0.39 is 0 Å². The van der Waals surface area contributed by atoms with Crippen LogP contribution in [0.3, 0.4) is 0 Å². The zero-order chi connectivity index (χ0) is 17.8. The van der Waals surface area contributed by atoms with E-state index in [0.29, 0.717) is 17.6 Å². The molecule has 0 spiro atoms. The van der Waals surface area contributed by atoms with Crippen LogP contribution in [0.25, 0.3) is 0 Å². The fourth-order valence-electron chi connectivity index (χ4n) is 3.24. The van der Waals surface area contributed by atoms with Gasteiger partial charge >= 0.3 is 0 Å². The maximum Gasteiger partial charge on any atom is 0.223 e. The van der Waals surface area contributed by atoms with Crippen molar-refractivity contribution in [3.63, 3.8) is 0 Å². The van der Waals surface area contributed by atoms with Gasteiger partial charge in [0.1, 0.15) is 5.82 Å². The Morgan fingerprint density at radius 2 is 2.00 bits per heavy atom. The van der Waals surface area contributed by atoms with Gasteiger partial charge in [-0.25, -0.2) is 9.97 Å². The summed E-state index contributed by atoms with van der Waals surface area (Å²) in [5, 5.41) is 0. The Labute approximate surface area is 152 Å². The molecule has 2 aromatic rings. The molecule has 0 unspecified atom stereocenters. The Bertz CT molecular complexity index is 771. The molecule has 0 bridgehead atoms. The average molecular weight is 357 g/mol. The SMILES string of the molecule is Cc1nc(=S)[nH]c(C)c1CCC(=O)N1CCN(c2ccccn2)CC1. The number of aromatic nitrogens is 3. The number of aromatic amines is 1. The molecule has 132 valence electrons. The highest BCUT2D eigenvalue weighted by atomic mass is 32.1. The van der Waals surface area contributed by atoms with E-state index in [2.05, 4.69) is 19.9 Å². The second-order valence-electron chi connectivity index (χ2n) is 6.29. The standard InChI is InChI=1S/C18H23N5OS/c1-13-15(14(2)21-18(25)20-13)6-7-17(24)23-11-9-22(10-12-23)16-5-3-4-8-19-16/h3-5,8H,6-7,9-12H2,1-2H3,(H,20,21,25). The number of carbonyl (C=O) groups excluding carboxylic acids is 1. The summed E-state index contributed by atoms with van der Waals surface area (Å²) in [5.74, 6) is 1.17. The van der Waals surface area contributed by atoms with Crippen LogP contribution < -0.4 is 4.90 Å². The molecule has 1 amide bonds. The molecule has 0 aromatic carbocycles. The van der Waals surface area contributed by atoms with Gasteiger partial charge in [0, 0.05) is 50.2 Å². The van der Waals surface area contributed by atoms with Crippen LogP contribution in [-0.2, 0) is 11.2 Å². The van der Waals surface area contributed by atoms with Crippen LogP contribution in [0.5, 0.6) is 0 Å². The molecule has 0 aliphatic carbocycles. The number of H-pyrrole nitrogens is 1. The number of amides is 1. The van der Waals surface area contributed by atoms with E-state index in [1.807, 2.05) is 36.9 Å². The Balaban J connectivity index is 1.54. The van der Waals surface area contributed by atoms with Gasteiger partial charge in [0.05, 0.1) is 0 Å². The first-order valence-electron chi connectivity index (χ1n) is 8.55. The van der Waals surface area contributed by atoms with Crippen LogP contribution in [0.15, 0.2) is 24.4 Å². The lowest BCUT2D eigenvalue weighted by molar-refractivity contribution is -0.131. The average Bonchev–Trinajstić information content (AvgIpc) is 2.61. The number of anilines is 1. The number of pyridine rings is 1. The van der Waals surface area contributed by atoms with Gasteiger partial charge in [-0.15, -0.1) is 0 Å². The van der Waals surface area contributed by atoms with E-state index in [1.54, 1.807) is 6.20 Å². The smallest absolute Gasteiger partial charge is 0.223 e. The molecule has 1 saturated heterocycles. The van der Waals surface area contributed by atoms with Gasteiger partial charge in [-0.2, -0.15) is 0 Å². The van der Waals surface area contributed by atoms with Gasteiger partial charge in [-0.05, 0) is 50.2 Å². The normalized spacial score (nSPS) is 14.6. The molecule has 3 heterocycles. The summed E-state index contributed by atoms with van der Waals surface area (Å²) in [6.07, 6.45) is 2.99. The topological polar surface area (TPSA) is 65.1 Å². The van der Waals surface area contributed by atoms with E-state index in [9.17, 15) is 4.79 Å². The van der Waals surface area contributed by atoms with Gasteiger partial charge in [0.2, 0.25) is 5.91 Å². The zero-order valence-corrected chi connectivity index (χ0v) is 15.5. The third-order valence-corrected chi connectivity index (χ3v) is 4.84. The summed E-state index contributed by atoms with van der Waals surface area (Å²) < 4.78 is 0.496. The van der Waals surface area contributed by atoms with Crippen LogP contribution in [0.1, 0.15) is 23.4 Å². The van der Waals surface area contributed by atoms with Crippen LogP contribution >= 0.6 is 12.2 Å². The van der Waals surface area contributed by atoms with E-state index in [0.717, 1.165) is 48.9 Å². The number of aryl methyl sites for hydroxylation is 2. The first-order valence-corrected chi connectivity index (χ1v) is 8.95. The van der Waals surface area contributed by atoms with Crippen LogP contribution in [0.2, 0.25) is 0 Å². The first kappa shape index (κ1) is 17.5. The predicted molar refractivity (Wildman–Crippen MR) is 100 cm³/mol. The van der Waals surface area contributed by atoms with Gasteiger partial charge in [-0.3, -0.25) is 4.79 Å². The maximum absolute atomic E-state index is 12.5. The Morgan fingerprint density at radius 1 is 1.24 bits per heavy atom. The van der Waals surface area contributed by atoms with Gasteiger partial charge in [-0.1, -0.05) is 6.07 Å². The number of rotatable bonds is 4. The van der Waals surface area contributed by atoms with Crippen molar-refractivity contribution < 1.29 is 4.79 Å². The molecule has 1 fully saturated rings. The third-order valence-electron chi connectivity index (χ3n) is 4.65. The third kappa shape index (κ3) is 4.22. The molecule has 2 aromatic heterocycles. The quantitative estimate of drug-likeness (QED) is 0.852. The highest BCUT2D eigenvalue weighted by Crippen LogP contribution is 2.15. The van der Waals surface area contributed by atoms with E-state index in [4.69, 9.17) is 12.2 Å². The summed E-state index contributed by atoms with van der Waals surface area (Å²) in [6.45, 7) is 7.05. The fraction of sp³-hybridized carbons (Fsp3) is 0.444. The molecule has 7 heteroatoms. The van der Waals surface area contributed by atoms with Crippen molar-refractivity contribution in [2.24, 2.45) is 0 Å². The van der Waals surface area contributed by atoms with Crippen molar-refractivity contribution >= 4 is 23.9 Å². The zero-order valence-electron chi connectivity index (χ0n) is 14.7. The van der Waals surface area contributed by atoms with Crippen molar-refractivity contribution in [2.45, 2.75) is 26.7 Å². The second kappa shape index (κ2) is 7.74. The molecule has 6 nitrogen and oxygen atoms in total. The summed E-state index contributed by atoms with van der Waals surface area (Å²) in [6, 6.07) is 5.91. The van der Waals surface area contributed by atoms with Crippen molar-refractivity contribution in [1.29, 1.82) is 0 Å². The molecular weight excluding hydrogens is 334 g/mol. The minimum atomic E-state index is 0.196. The van der Waals surface area contributed by atoms with E-state index in [-0.39, 0.29) is 5.91 Å². The van der Waals surface area contributed by atoms with Gasteiger partial charge in [0.25, 0.3) is 0 Å². The predicted octanol–water partition coefficient (Wildman–Crippen LogP) is 2.43. The Morgan fingerprint density at radius 3 is 2.64 bits per heavy atom. The Kier molecular flexibility index (Phi) is 5.43. The minimum absolute atomic E-state index is 0.196. The fourth-order valence-corrected chi connectivity index (χ4v) is 3.53. The number of piperazine rings is 1. The number of hydrogen-bond acceptors (Lipinski definition) is 5. The summed E-state index contributed by atoms with van der Waals surface area (Å²) >= 11 is 5.08. The van der Waals surface area contributed by atoms with E-state index >= 15 is 0 Å². The molecule has 0 atom stereocenters. The number of nitrogens with zero attached hydrogens (tertiary/aromatic N) is 4. The summed E-state index contributed by atoms with van der Waals surface area (Å²) in [4.78, 5) is 28.5. The lowest BCUT2D eigenvalue weighted by atomic mass is 10.1. The van der Waals surface area contributed by atoms with Crippen LogP contribution in [-0.4, -0.2) is 51.9 Å². The van der Waals surface area contributed by atoms with Gasteiger partial charge in [0.15, 0.2) is 4.77 Å². The lowest BCUT2D eigenvalue weighted by Gasteiger charge is -2.35. The number of nitrogens with one attached hydrogen (secondary N) is 1. The molecule has 1 N–H and O–H groups in total. The second-order valence-corrected chi connectivity index (χ2v) is 6.67. The van der Waals surface area contributed by atoms with Crippen molar-refractivity contribution in [1.82, 2.24) is 19.9 Å². The largest absolute Gasteiger partial charge is 0.353 e. The van der Waals surface area contributed by atoms with E-state index in [1.165, 1.54) is 0 Å². The lowest BCUT2D eigenvalue weighted by Crippen LogP contribution is -2.49. The number of hydrogen-bond donors (Lipinski definition) is 1. The van der Waals surface area contributed by atoms with Crippen molar-refractivity contribution in [2.75, 3.05) is 31.1 Å². The van der Waals surface area contributed by atoms with Crippen molar-refractivity contribution in [3.8, 4) is 0 Å². The molecule has 3 rings (SSSR count). The maximum atomic E-state index is 12.5. The first-order chi connectivity index (χ1) is 12.0. The van der Waals surface area contributed by atoms with Crippen molar-refractivity contribution in [3.05, 3.63) is 46.1 Å². The van der Waals surface area contributed by atoms with Gasteiger partial charge < -0.3 is 14.8 Å². The molecular formula is C18H23N5OS. The molecule has 1 aliphatic rings. The highest BCUT2D eigenvalue weighted by molar-refractivity contribution is 7.71. The summed E-state index contributed by atoms with van der Waals surface area (Å²) in [7, 11) is 0. The Hall–Kier alpha value is -2.28. The monoisotopic (exact) mass is 357 g/mol. The number of carbonyl (C=O) groups is 1. The highest BCUT2D eigenvalue weighted by Gasteiger charge is 2.22. The molecule has 0 radical (unpaired) electrons. The van der Waals surface area contributed by atoms with Crippen LogP contribution in [0, 0.1) is 18.6 Å². The summed E-state index contributed by atoms with van der Waals surface area (Å²) in [5.41, 5.74) is 3.01.